The molecule has 2 aromatic carbocycles. The summed E-state index contributed by atoms with van der Waals surface area (Å²) in [5, 5.41) is 2.79. The van der Waals surface area contributed by atoms with Gasteiger partial charge in [0, 0.05) is 34.8 Å². The first-order valence-corrected chi connectivity index (χ1v) is 12.2. The van der Waals surface area contributed by atoms with Crippen molar-refractivity contribution in [3.05, 3.63) is 85.8 Å². The zero-order valence-electron chi connectivity index (χ0n) is 20.1. The average Bonchev–Trinajstić information content (AvgIpc) is 2.80. The molecule has 38 heavy (non-hydrogen) atoms. The number of benzene rings is 2. The molecule has 1 saturated carbocycles. The van der Waals surface area contributed by atoms with Crippen molar-refractivity contribution in [2.24, 2.45) is 5.92 Å². The number of nitrogens with zero attached hydrogens (tertiary/aromatic N) is 1. The van der Waals surface area contributed by atoms with Gasteiger partial charge in [-0.2, -0.15) is 13.2 Å². The Labute approximate surface area is 219 Å². The van der Waals surface area contributed by atoms with Crippen LogP contribution in [-0.2, 0) is 35.3 Å². The molecule has 4 rings (SSSR count). The lowest BCUT2D eigenvalue weighted by molar-refractivity contribution is -0.137. The number of carbonyl (C=O) groups excluding carboxylic acids is 1. The number of hydrogen-bond donors (Lipinski definition) is 2. The van der Waals surface area contributed by atoms with Crippen LogP contribution in [0, 0.1) is 17.6 Å². The highest BCUT2D eigenvalue weighted by Crippen LogP contribution is 2.38. The topological polar surface area (TPSA) is 84.1 Å². The Kier molecular flexibility index (Phi) is 8.17. The van der Waals surface area contributed by atoms with Crippen molar-refractivity contribution in [1.29, 1.82) is 0 Å². The lowest BCUT2D eigenvalue weighted by atomic mass is 9.81. The summed E-state index contributed by atoms with van der Waals surface area (Å²) in [5.41, 5.74) is -2.32. The second kappa shape index (κ2) is 11.2. The number of nitrogens with one attached hydrogen (secondary N) is 2. The first-order chi connectivity index (χ1) is 17.9. The van der Waals surface area contributed by atoms with Gasteiger partial charge in [0.05, 0.1) is 23.8 Å². The Bertz CT molecular complexity index is 1380. The van der Waals surface area contributed by atoms with E-state index in [2.05, 4.69) is 15.3 Å². The molecule has 1 aliphatic rings. The number of halogens is 6. The number of alkyl halides is 3. The van der Waals surface area contributed by atoms with Gasteiger partial charge in [-0.05, 0) is 49.1 Å². The largest absolute Gasteiger partial charge is 0.417 e. The van der Waals surface area contributed by atoms with Crippen LogP contribution in [0.5, 0.6) is 0 Å². The molecule has 12 heteroatoms. The Balaban J connectivity index is 1.42. The van der Waals surface area contributed by atoms with Gasteiger partial charge in [-0.3, -0.25) is 9.59 Å². The second-order valence-corrected chi connectivity index (χ2v) is 9.43. The molecule has 6 nitrogen and oxygen atoms in total. The van der Waals surface area contributed by atoms with E-state index in [1.807, 2.05) is 0 Å². The molecule has 0 atom stereocenters. The molecule has 3 aromatic rings. The van der Waals surface area contributed by atoms with Gasteiger partial charge in [-0.1, -0.05) is 24.6 Å². The van der Waals surface area contributed by atoms with E-state index in [-0.39, 0.29) is 42.0 Å². The molecule has 0 radical (unpaired) electrons. The number of aryl methyl sites for hydroxylation is 1. The molecule has 1 heterocycles. The maximum absolute atomic E-state index is 15.4. The summed E-state index contributed by atoms with van der Waals surface area (Å²) < 4.78 is 75.4. The van der Waals surface area contributed by atoms with Crippen LogP contribution in [0.1, 0.15) is 42.1 Å². The minimum absolute atomic E-state index is 0.116. The van der Waals surface area contributed by atoms with Crippen LogP contribution < -0.4 is 10.9 Å². The lowest BCUT2D eigenvalue weighted by Crippen LogP contribution is -2.42. The zero-order valence-corrected chi connectivity index (χ0v) is 20.9. The number of hydrogen-bond acceptors (Lipinski definition) is 4. The van der Waals surface area contributed by atoms with E-state index in [1.165, 1.54) is 12.1 Å². The molecule has 1 amide bonds. The van der Waals surface area contributed by atoms with E-state index >= 15 is 4.39 Å². The smallest absolute Gasteiger partial charge is 0.373 e. The highest BCUT2D eigenvalue weighted by Gasteiger charge is 2.38. The SMILES string of the molecule is CCc1cc(=O)[nH]c(-c2c(C(F)(F)F)ccc(CNC(=O)[C@H]3C[C@H](OCc4cc(F)cc(Cl)c4)C3)c2F)n1. The quantitative estimate of drug-likeness (QED) is 0.356. The van der Waals surface area contributed by atoms with Crippen LogP contribution in [0.15, 0.2) is 41.2 Å². The van der Waals surface area contributed by atoms with E-state index in [4.69, 9.17) is 16.3 Å². The highest BCUT2D eigenvalue weighted by atomic mass is 35.5. The summed E-state index contributed by atoms with van der Waals surface area (Å²) in [6, 6.07) is 6.82. The zero-order chi connectivity index (χ0) is 27.6. The fourth-order valence-corrected chi connectivity index (χ4v) is 4.43. The molecule has 202 valence electrons. The number of carbonyl (C=O) groups is 1. The molecule has 0 spiro atoms. The van der Waals surface area contributed by atoms with E-state index < -0.39 is 52.1 Å². The summed E-state index contributed by atoms with van der Waals surface area (Å²) in [6.45, 7) is 1.41. The van der Waals surface area contributed by atoms with Crippen molar-refractivity contribution in [2.75, 3.05) is 0 Å². The van der Waals surface area contributed by atoms with Crippen molar-refractivity contribution in [3.63, 3.8) is 0 Å². The average molecular weight is 556 g/mol. The van der Waals surface area contributed by atoms with Gasteiger partial charge in [-0.25, -0.2) is 13.8 Å². The molecule has 0 aliphatic heterocycles. The van der Waals surface area contributed by atoms with Gasteiger partial charge in [0.2, 0.25) is 5.91 Å². The van der Waals surface area contributed by atoms with E-state index in [1.54, 1.807) is 13.0 Å². The predicted octanol–water partition coefficient (Wildman–Crippen LogP) is 5.56. The summed E-state index contributed by atoms with van der Waals surface area (Å²) in [7, 11) is 0. The van der Waals surface area contributed by atoms with E-state index in [9.17, 15) is 27.2 Å². The summed E-state index contributed by atoms with van der Waals surface area (Å²) in [4.78, 5) is 30.6. The molecular formula is C26H23ClF5N3O3. The van der Waals surface area contributed by atoms with Crippen LogP contribution in [0.3, 0.4) is 0 Å². The van der Waals surface area contributed by atoms with Crippen molar-refractivity contribution >= 4 is 17.5 Å². The Morgan fingerprint density at radius 2 is 1.92 bits per heavy atom. The fraction of sp³-hybridized carbons (Fsp3) is 0.346. The van der Waals surface area contributed by atoms with Crippen LogP contribution in [0.4, 0.5) is 22.0 Å². The van der Waals surface area contributed by atoms with Gasteiger partial charge in [0.15, 0.2) is 0 Å². The standard InChI is InChI=1S/C26H23ClF5N3O3/c1-2-18-10-21(36)35-24(34-18)22-20(26(30,31)32)4-3-14(23(22)29)11-33-25(37)15-7-19(8-15)38-12-13-5-16(27)9-17(28)6-13/h3-6,9-10,15,19H,2,7-8,11-12H2,1H3,(H,33,37)(H,34,35,36)/t15-,19-. The predicted molar refractivity (Wildman–Crippen MR) is 129 cm³/mol. The third-order valence-electron chi connectivity index (χ3n) is 6.25. The third kappa shape index (κ3) is 6.39. The maximum Gasteiger partial charge on any atom is 0.417 e. The van der Waals surface area contributed by atoms with Crippen LogP contribution >= 0.6 is 11.6 Å². The van der Waals surface area contributed by atoms with Crippen molar-refractivity contribution in [2.45, 2.75) is 51.6 Å². The van der Waals surface area contributed by atoms with Crippen LogP contribution in [0.2, 0.25) is 5.02 Å². The minimum Gasteiger partial charge on any atom is -0.373 e. The number of H-pyrrole nitrogens is 1. The summed E-state index contributed by atoms with van der Waals surface area (Å²) >= 11 is 5.82. The molecule has 0 unspecified atom stereocenters. The molecule has 1 aliphatic carbocycles. The second-order valence-electron chi connectivity index (χ2n) is 8.99. The molecule has 0 saturated heterocycles. The maximum atomic E-state index is 15.4. The fourth-order valence-electron chi connectivity index (χ4n) is 4.18. The van der Waals surface area contributed by atoms with Crippen LogP contribution in [0.25, 0.3) is 11.4 Å². The molecular weight excluding hydrogens is 533 g/mol. The van der Waals surface area contributed by atoms with Crippen molar-refractivity contribution in [3.8, 4) is 11.4 Å². The lowest BCUT2D eigenvalue weighted by Gasteiger charge is -2.34. The molecule has 2 N–H and O–H groups in total. The van der Waals surface area contributed by atoms with E-state index in [0.29, 0.717) is 24.5 Å². The Morgan fingerprint density at radius 3 is 2.58 bits per heavy atom. The highest BCUT2D eigenvalue weighted by molar-refractivity contribution is 6.30. The number of amides is 1. The minimum atomic E-state index is -4.91. The summed E-state index contributed by atoms with van der Waals surface area (Å²) in [5.74, 6) is -3.09. The first-order valence-electron chi connectivity index (χ1n) is 11.8. The Hall–Kier alpha value is -3.31. The number of aromatic amines is 1. The van der Waals surface area contributed by atoms with Gasteiger partial charge >= 0.3 is 6.18 Å². The normalized spacial score (nSPS) is 17.2. The van der Waals surface area contributed by atoms with Gasteiger partial charge < -0.3 is 15.0 Å². The number of ether oxygens (including phenoxy) is 1. The summed E-state index contributed by atoms with van der Waals surface area (Å²) in [6.07, 6.45) is -4.13. The monoisotopic (exact) mass is 555 g/mol. The Morgan fingerprint density at radius 1 is 1.18 bits per heavy atom. The van der Waals surface area contributed by atoms with E-state index in [0.717, 1.165) is 12.1 Å². The molecule has 0 bridgehead atoms. The van der Waals surface area contributed by atoms with Crippen LogP contribution in [-0.4, -0.2) is 22.0 Å². The van der Waals surface area contributed by atoms with Crippen molar-refractivity contribution < 1.29 is 31.5 Å². The van der Waals surface area contributed by atoms with Gasteiger partial charge in [0.25, 0.3) is 5.56 Å². The first kappa shape index (κ1) is 27.7. The van der Waals surface area contributed by atoms with Gasteiger partial charge in [-0.15, -0.1) is 0 Å². The van der Waals surface area contributed by atoms with Crippen molar-refractivity contribution in [1.82, 2.24) is 15.3 Å². The third-order valence-corrected chi connectivity index (χ3v) is 6.47. The number of rotatable bonds is 8. The number of aromatic nitrogens is 2. The molecule has 1 fully saturated rings. The van der Waals surface area contributed by atoms with Gasteiger partial charge in [0.1, 0.15) is 17.5 Å². The molecule has 1 aromatic heterocycles.